The van der Waals surface area contributed by atoms with Crippen LogP contribution in [-0.4, -0.2) is 6.54 Å². The van der Waals surface area contributed by atoms with Crippen LogP contribution in [0.15, 0.2) is 40.2 Å². The van der Waals surface area contributed by atoms with Gasteiger partial charge in [0.15, 0.2) is 0 Å². The van der Waals surface area contributed by atoms with E-state index in [4.69, 9.17) is 11.6 Å². The minimum Gasteiger partial charge on any atom is -0.310 e. The fraction of sp³-hybridized carbons (Fsp3) is 0.333. The molecule has 0 fully saturated rings. The summed E-state index contributed by atoms with van der Waals surface area (Å²) in [5, 5.41) is 6.46. The predicted molar refractivity (Wildman–Crippen MR) is 88.2 cm³/mol. The van der Waals surface area contributed by atoms with Crippen LogP contribution in [0.25, 0.3) is 0 Å². The number of halogens is 2. The summed E-state index contributed by atoms with van der Waals surface area (Å²) in [5.41, 5.74) is 1.28. The van der Waals surface area contributed by atoms with E-state index in [2.05, 4.69) is 51.7 Å². The van der Waals surface area contributed by atoms with Gasteiger partial charge in [0.1, 0.15) is 0 Å². The van der Waals surface area contributed by atoms with Crippen LogP contribution in [0.2, 0.25) is 5.02 Å². The van der Waals surface area contributed by atoms with E-state index in [1.54, 1.807) is 0 Å². The average molecular weight is 359 g/mol. The second kappa shape index (κ2) is 7.44. The van der Waals surface area contributed by atoms with Crippen LogP contribution in [0.1, 0.15) is 29.8 Å². The highest BCUT2D eigenvalue weighted by Crippen LogP contribution is 2.29. The minimum atomic E-state index is 0.360. The highest BCUT2D eigenvalue weighted by molar-refractivity contribution is 9.10. The Balaban J connectivity index is 2.10. The van der Waals surface area contributed by atoms with Gasteiger partial charge >= 0.3 is 0 Å². The molecule has 4 heteroatoms. The lowest BCUT2D eigenvalue weighted by atomic mass is 10.0. The lowest BCUT2D eigenvalue weighted by Gasteiger charge is -2.19. The highest BCUT2D eigenvalue weighted by Gasteiger charge is 2.14. The van der Waals surface area contributed by atoms with Gasteiger partial charge in [0, 0.05) is 20.4 Å². The van der Waals surface area contributed by atoms with E-state index >= 15 is 0 Å². The van der Waals surface area contributed by atoms with Crippen molar-refractivity contribution in [1.29, 1.82) is 0 Å². The molecule has 0 saturated carbocycles. The van der Waals surface area contributed by atoms with Crippen LogP contribution in [0.5, 0.6) is 0 Å². The summed E-state index contributed by atoms with van der Waals surface area (Å²) in [7, 11) is 0. The first-order valence-corrected chi connectivity index (χ1v) is 8.46. The normalized spacial score (nSPS) is 12.6. The van der Waals surface area contributed by atoms with Gasteiger partial charge in [-0.1, -0.05) is 46.6 Å². The maximum Gasteiger partial charge on any atom is 0.0417 e. The highest BCUT2D eigenvalue weighted by atomic mass is 79.9. The van der Waals surface area contributed by atoms with Crippen LogP contribution < -0.4 is 5.32 Å². The van der Waals surface area contributed by atoms with Gasteiger partial charge in [-0.15, -0.1) is 11.3 Å². The summed E-state index contributed by atoms with van der Waals surface area (Å²) in [6.07, 6.45) is 2.19. The Hall–Kier alpha value is -0.350. The van der Waals surface area contributed by atoms with Gasteiger partial charge in [0.05, 0.1) is 0 Å². The quantitative estimate of drug-likeness (QED) is 0.724. The van der Waals surface area contributed by atoms with Crippen LogP contribution in [0.3, 0.4) is 0 Å². The molecule has 1 unspecified atom stereocenters. The van der Waals surface area contributed by atoms with Crippen molar-refractivity contribution in [3.8, 4) is 0 Å². The monoisotopic (exact) mass is 357 g/mol. The van der Waals surface area contributed by atoms with Crippen molar-refractivity contribution in [2.45, 2.75) is 25.8 Å². The molecule has 1 N–H and O–H groups in total. The van der Waals surface area contributed by atoms with E-state index in [0.29, 0.717) is 6.04 Å². The van der Waals surface area contributed by atoms with Gasteiger partial charge in [0.25, 0.3) is 0 Å². The molecule has 102 valence electrons. The first-order chi connectivity index (χ1) is 9.20. The van der Waals surface area contributed by atoms with Gasteiger partial charge < -0.3 is 5.32 Å². The number of hydrogen-bond acceptors (Lipinski definition) is 2. The molecule has 2 rings (SSSR count). The fourth-order valence-electron chi connectivity index (χ4n) is 2.14. The number of rotatable bonds is 6. The summed E-state index contributed by atoms with van der Waals surface area (Å²) >= 11 is 11.4. The second-order valence-electron chi connectivity index (χ2n) is 4.39. The lowest BCUT2D eigenvalue weighted by molar-refractivity contribution is 0.515. The summed E-state index contributed by atoms with van der Waals surface area (Å²) in [5.74, 6) is 0. The number of hydrogen-bond donors (Lipinski definition) is 1. The van der Waals surface area contributed by atoms with E-state index in [1.165, 1.54) is 10.4 Å². The first-order valence-electron chi connectivity index (χ1n) is 6.41. The maximum atomic E-state index is 6.01. The smallest absolute Gasteiger partial charge is 0.0417 e. The molecule has 0 aliphatic carbocycles. The summed E-state index contributed by atoms with van der Waals surface area (Å²) < 4.78 is 1.08. The molecule has 19 heavy (non-hydrogen) atoms. The number of nitrogens with one attached hydrogen (secondary N) is 1. The molecule has 1 atom stereocenters. The molecule has 1 aromatic carbocycles. The molecule has 0 aliphatic rings. The number of aryl methyl sites for hydroxylation is 1. The van der Waals surface area contributed by atoms with E-state index in [-0.39, 0.29) is 0 Å². The standard InChI is InChI=1S/C15H17BrClNS/c1-2-18-15(8-6-12-4-3-9-19-12)13-7-5-11(17)10-14(13)16/h3-5,7,9-10,15,18H,2,6,8H2,1H3. The molecule has 2 aromatic rings. The molecule has 0 aliphatic heterocycles. The molecule has 0 bridgehead atoms. The Kier molecular flexibility index (Phi) is 5.89. The molecule has 0 radical (unpaired) electrons. The van der Waals surface area contributed by atoms with Gasteiger partial charge in [0.2, 0.25) is 0 Å². The van der Waals surface area contributed by atoms with Gasteiger partial charge in [-0.05, 0) is 48.5 Å². The third kappa shape index (κ3) is 4.32. The lowest BCUT2D eigenvalue weighted by Crippen LogP contribution is -2.21. The van der Waals surface area contributed by atoms with Crippen LogP contribution in [-0.2, 0) is 6.42 Å². The Bertz CT molecular complexity index is 513. The summed E-state index contributed by atoms with van der Waals surface area (Å²) in [6.45, 7) is 3.10. The molecule has 1 aromatic heterocycles. The molecule has 0 saturated heterocycles. The Labute approximate surface area is 132 Å². The van der Waals surface area contributed by atoms with Crippen molar-refractivity contribution in [2.75, 3.05) is 6.54 Å². The Morgan fingerprint density at radius 3 is 2.84 bits per heavy atom. The first kappa shape index (κ1) is 15.0. The average Bonchev–Trinajstić information content (AvgIpc) is 2.88. The number of thiophene rings is 1. The zero-order valence-corrected chi connectivity index (χ0v) is 14.0. The van der Waals surface area contributed by atoms with E-state index in [1.807, 2.05) is 23.5 Å². The van der Waals surface area contributed by atoms with Crippen molar-refractivity contribution in [1.82, 2.24) is 5.32 Å². The van der Waals surface area contributed by atoms with Crippen LogP contribution in [0, 0.1) is 0 Å². The Morgan fingerprint density at radius 1 is 1.37 bits per heavy atom. The SMILES string of the molecule is CCNC(CCc1cccs1)c1ccc(Cl)cc1Br. The van der Waals surface area contributed by atoms with Crippen molar-refractivity contribution in [2.24, 2.45) is 0 Å². The Morgan fingerprint density at radius 2 is 2.21 bits per heavy atom. The molecule has 0 amide bonds. The topological polar surface area (TPSA) is 12.0 Å². The van der Waals surface area contributed by atoms with Crippen molar-refractivity contribution >= 4 is 38.9 Å². The zero-order valence-electron chi connectivity index (χ0n) is 10.8. The molecular weight excluding hydrogens is 342 g/mol. The third-order valence-electron chi connectivity index (χ3n) is 3.05. The third-order valence-corrected chi connectivity index (χ3v) is 4.91. The predicted octanol–water partition coefficient (Wildman–Crippen LogP) is 5.45. The van der Waals surface area contributed by atoms with E-state index in [0.717, 1.165) is 28.9 Å². The minimum absolute atomic E-state index is 0.360. The zero-order chi connectivity index (χ0) is 13.7. The summed E-state index contributed by atoms with van der Waals surface area (Å²) in [6, 6.07) is 10.7. The number of benzene rings is 1. The summed E-state index contributed by atoms with van der Waals surface area (Å²) in [4.78, 5) is 1.44. The molecular formula is C15H17BrClNS. The second-order valence-corrected chi connectivity index (χ2v) is 6.72. The van der Waals surface area contributed by atoms with Crippen LogP contribution in [0.4, 0.5) is 0 Å². The largest absolute Gasteiger partial charge is 0.310 e. The van der Waals surface area contributed by atoms with Crippen LogP contribution >= 0.6 is 38.9 Å². The van der Waals surface area contributed by atoms with Gasteiger partial charge in [-0.3, -0.25) is 0 Å². The van der Waals surface area contributed by atoms with E-state index < -0.39 is 0 Å². The van der Waals surface area contributed by atoms with Crippen molar-refractivity contribution in [3.63, 3.8) is 0 Å². The molecule has 1 nitrogen and oxygen atoms in total. The van der Waals surface area contributed by atoms with E-state index in [9.17, 15) is 0 Å². The molecule has 1 heterocycles. The van der Waals surface area contributed by atoms with Gasteiger partial charge in [-0.25, -0.2) is 0 Å². The van der Waals surface area contributed by atoms with Crippen molar-refractivity contribution in [3.05, 3.63) is 55.6 Å². The van der Waals surface area contributed by atoms with Crippen molar-refractivity contribution < 1.29 is 0 Å². The van der Waals surface area contributed by atoms with Gasteiger partial charge in [-0.2, -0.15) is 0 Å². The fourth-order valence-corrected chi connectivity index (χ4v) is 3.82. The molecule has 0 spiro atoms. The maximum absolute atomic E-state index is 6.01.